The van der Waals surface area contributed by atoms with Crippen molar-refractivity contribution in [2.45, 2.75) is 38.1 Å². The third kappa shape index (κ3) is 4.63. The molecule has 0 bridgehead atoms. The monoisotopic (exact) mass is 484 g/mol. The Kier molecular flexibility index (Phi) is 6.86. The van der Waals surface area contributed by atoms with Gasteiger partial charge in [0.15, 0.2) is 0 Å². The number of amides is 1. The highest BCUT2D eigenvalue weighted by molar-refractivity contribution is 7.89. The number of rotatable bonds is 6. The molecule has 1 aliphatic heterocycles. The van der Waals surface area contributed by atoms with Gasteiger partial charge in [0.1, 0.15) is 10.7 Å². The van der Waals surface area contributed by atoms with Crippen LogP contribution in [0.1, 0.15) is 29.8 Å². The summed E-state index contributed by atoms with van der Waals surface area (Å²) in [5, 5.41) is 4.65. The van der Waals surface area contributed by atoms with Crippen LogP contribution in [0, 0.1) is 25.6 Å². The first-order chi connectivity index (χ1) is 16.2. The van der Waals surface area contributed by atoms with Gasteiger partial charge in [-0.1, -0.05) is 30.3 Å². The molecule has 180 valence electrons. The second-order valence-electron chi connectivity index (χ2n) is 8.70. The first-order valence-corrected chi connectivity index (χ1v) is 12.7. The van der Waals surface area contributed by atoms with E-state index >= 15 is 0 Å². The number of piperidine rings is 1. The lowest BCUT2D eigenvalue weighted by atomic mass is 9.96. The zero-order chi connectivity index (χ0) is 24.5. The summed E-state index contributed by atoms with van der Waals surface area (Å²) in [6, 6.07) is 15.2. The maximum absolute atomic E-state index is 14.1. The van der Waals surface area contributed by atoms with Crippen molar-refractivity contribution in [2.75, 3.05) is 20.1 Å². The fourth-order valence-electron chi connectivity index (χ4n) is 4.49. The lowest BCUT2D eigenvalue weighted by Crippen LogP contribution is -2.43. The van der Waals surface area contributed by atoms with Gasteiger partial charge in [-0.3, -0.25) is 4.79 Å². The van der Waals surface area contributed by atoms with Gasteiger partial charge in [-0.05, 0) is 51.0 Å². The SMILES string of the molecule is Cc1nn(-c2ccccc2)c(C)c1CN(C)C(=O)C1CCN(S(=O)(=O)c2ccccc2F)CC1. The summed E-state index contributed by atoms with van der Waals surface area (Å²) in [5.74, 6) is -1.06. The molecular formula is C25H29FN4O3S. The number of carbonyl (C=O) groups is 1. The van der Waals surface area contributed by atoms with E-state index in [1.54, 1.807) is 11.9 Å². The lowest BCUT2D eigenvalue weighted by molar-refractivity contribution is -0.135. The molecule has 0 spiro atoms. The molecule has 1 aromatic heterocycles. The van der Waals surface area contributed by atoms with Crippen LogP contribution in [0.4, 0.5) is 4.39 Å². The van der Waals surface area contributed by atoms with E-state index < -0.39 is 15.8 Å². The summed E-state index contributed by atoms with van der Waals surface area (Å²) in [5.41, 5.74) is 3.81. The van der Waals surface area contributed by atoms with Gasteiger partial charge in [-0.15, -0.1) is 0 Å². The molecule has 1 aliphatic rings. The molecule has 34 heavy (non-hydrogen) atoms. The molecule has 7 nitrogen and oxygen atoms in total. The van der Waals surface area contributed by atoms with Crippen LogP contribution < -0.4 is 0 Å². The number of hydrogen-bond acceptors (Lipinski definition) is 4. The fourth-order valence-corrected chi connectivity index (χ4v) is 6.02. The van der Waals surface area contributed by atoms with E-state index in [2.05, 4.69) is 5.10 Å². The summed E-state index contributed by atoms with van der Waals surface area (Å²) < 4.78 is 42.9. The third-order valence-corrected chi connectivity index (χ3v) is 8.40. The largest absolute Gasteiger partial charge is 0.341 e. The Morgan fingerprint density at radius 1 is 1.06 bits per heavy atom. The molecule has 1 saturated heterocycles. The molecule has 9 heteroatoms. The molecule has 3 aromatic rings. The molecule has 1 amide bonds. The summed E-state index contributed by atoms with van der Waals surface area (Å²) >= 11 is 0. The minimum Gasteiger partial charge on any atom is -0.341 e. The van der Waals surface area contributed by atoms with Crippen LogP contribution in [0.15, 0.2) is 59.5 Å². The number of aryl methyl sites for hydroxylation is 1. The Bertz CT molecular complexity index is 1280. The van der Waals surface area contributed by atoms with Gasteiger partial charge in [0.2, 0.25) is 15.9 Å². The van der Waals surface area contributed by atoms with Crippen molar-refractivity contribution >= 4 is 15.9 Å². The predicted octanol–water partition coefficient (Wildman–Crippen LogP) is 3.69. The van der Waals surface area contributed by atoms with Crippen LogP contribution in [-0.2, 0) is 21.4 Å². The number of nitrogens with zero attached hydrogens (tertiary/aromatic N) is 4. The van der Waals surface area contributed by atoms with Gasteiger partial charge < -0.3 is 4.90 Å². The number of aromatic nitrogens is 2. The number of benzene rings is 2. The average molecular weight is 485 g/mol. The van der Waals surface area contributed by atoms with Crippen molar-refractivity contribution < 1.29 is 17.6 Å². The molecule has 0 saturated carbocycles. The highest BCUT2D eigenvalue weighted by atomic mass is 32.2. The standard InChI is InChI=1S/C25H29FN4O3S/c1-18-22(19(2)30(27-18)21-9-5-4-6-10-21)17-28(3)25(31)20-13-15-29(16-14-20)34(32,33)24-12-8-7-11-23(24)26/h4-12,20H,13-17H2,1-3H3. The molecular weight excluding hydrogens is 455 g/mol. The van der Waals surface area contributed by atoms with E-state index in [1.807, 2.05) is 48.9 Å². The molecule has 0 atom stereocenters. The normalized spacial score (nSPS) is 15.4. The predicted molar refractivity (Wildman–Crippen MR) is 127 cm³/mol. The molecule has 0 aliphatic carbocycles. The quantitative estimate of drug-likeness (QED) is 0.535. The minimum absolute atomic E-state index is 0.0193. The first kappa shape index (κ1) is 24.1. The van der Waals surface area contributed by atoms with E-state index in [1.165, 1.54) is 22.5 Å². The van der Waals surface area contributed by atoms with Gasteiger partial charge in [0, 0.05) is 43.9 Å². The summed E-state index contributed by atoms with van der Waals surface area (Å²) in [6.45, 7) is 4.73. The Morgan fingerprint density at radius 3 is 2.32 bits per heavy atom. The molecule has 0 radical (unpaired) electrons. The Labute approximate surface area is 199 Å². The number of sulfonamides is 1. The smallest absolute Gasteiger partial charge is 0.245 e. The van der Waals surface area contributed by atoms with Crippen LogP contribution in [0.2, 0.25) is 0 Å². The van der Waals surface area contributed by atoms with Gasteiger partial charge in [-0.2, -0.15) is 9.40 Å². The molecule has 0 N–H and O–H groups in total. The van der Waals surface area contributed by atoms with Crippen LogP contribution in [0.3, 0.4) is 0 Å². The summed E-state index contributed by atoms with van der Waals surface area (Å²) in [6.07, 6.45) is 0.802. The zero-order valence-corrected chi connectivity index (χ0v) is 20.4. The van der Waals surface area contributed by atoms with Gasteiger partial charge in [0.25, 0.3) is 0 Å². The molecule has 2 heterocycles. The second kappa shape index (κ2) is 9.68. The number of para-hydroxylation sites is 1. The van der Waals surface area contributed by atoms with E-state index in [9.17, 15) is 17.6 Å². The third-order valence-electron chi connectivity index (χ3n) is 6.47. The summed E-state index contributed by atoms with van der Waals surface area (Å²) in [7, 11) is -2.16. The zero-order valence-electron chi connectivity index (χ0n) is 19.6. The lowest BCUT2D eigenvalue weighted by Gasteiger charge is -2.32. The van der Waals surface area contributed by atoms with Gasteiger partial charge in [0.05, 0.1) is 11.4 Å². The van der Waals surface area contributed by atoms with E-state index in [0.29, 0.717) is 19.4 Å². The van der Waals surface area contributed by atoms with Crippen LogP contribution in [0.25, 0.3) is 5.69 Å². The van der Waals surface area contributed by atoms with E-state index in [4.69, 9.17) is 0 Å². The summed E-state index contributed by atoms with van der Waals surface area (Å²) in [4.78, 5) is 14.5. The molecule has 2 aromatic carbocycles. The maximum Gasteiger partial charge on any atom is 0.245 e. The second-order valence-corrected chi connectivity index (χ2v) is 10.6. The van der Waals surface area contributed by atoms with Crippen molar-refractivity contribution in [1.29, 1.82) is 0 Å². The maximum atomic E-state index is 14.1. The Hall–Kier alpha value is -3.04. The highest BCUT2D eigenvalue weighted by Crippen LogP contribution is 2.27. The van der Waals surface area contributed by atoms with Crippen LogP contribution >= 0.6 is 0 Å². The number of carbonyl (C=O) groups excluding carboxylic acids is 1. The molecule has 0 unspecified atom stereocenters. The average Bonchev–Trinajstić information content (AvgIpc) is 3.12. The number of halogens is 1. The van der Waals surface area contributed by atoms with Crippen molar-refractivity contribution in [3.05, 3.63) is 77.4 Å². The van der Waals surface area contributed by atoms with Crippen molar-refractivity contribution in [1.82, 2.24) is 19.0 Å². The molecule has 4 rings (SSSR count). The number of hydrogen-bond donors (Lipinski definition) is 0. The minimum atomic E-state index is -3.92. The van der Waals surface area contributed by atoms with E-state index in [0.717, 1.165) is 28.7 Å². The van der Waals surface area contributed by atoms with Crippen molar-refractivity contribution in [3.63, 3.8) is 0 Å². The van der Waals surface area contributed by atoms with Crippen molar-refractivity contribution in [2.24, 2.45) is 5.92 Å². The first-order valence-electron chi connectivity index (χ1n) is 11.3. The topological polar surface area (TPSA) is 75.5 Å². The van der Waals surface area contributed by atoms with Crippen LogP contribution in [-0.4, -0.2) is 53.4 Å². The van der Waals surface area contributed by atoms with Crippen molar-refractivity contribution in [3.8, 4) is 5.69 Å². The van der Waals surface area contributed by atoms with Gasteiger partial charge >= 0.3 is 0 Å². The fraction of sp³-hybridized carbons (Fsp3) is 0.360. The van der Waals surface area contributed by atoms with Gasteiger partial charge in [-0.25, -0.2) is 17.5 Å². The highest BCUT2D eigenvalue weighted by Gasteiger charge is 2.34. The molecule has 1 fully saturated rings. The Morgan fingerprint density at radius 2 is 1.68 bits per heavy atom. The van der Waals surface area contributed by atoms with Crippen LogP contribution in [0.5, 0.6) is 0 Å². The van der Waals surface area contributed by atoms with E-state index in [-0.39, 0.29) is 29.8 Å². The Balaban J connectivity index is 1.41.